The van der Waals surface area contributed by atoms with Gasteiger partial charge in [-0.25, -0.2) is 29.1 Å². The minimum Gasteiger partial charge on any atom is -0.454 e. The summed E-state index contributed by atoms with van der Waals surface area (Å²) < 4.78 is 46.5. The molecule has 0 spiro atoms. The maximum Gasteiger partial charge on any atom is 0.410 e. The summed E-state index contributed by atoms with van der Waals surface area (Å²) >= 11 is 0. The molecule has 482 valence electrons. The largest absolute Gasteiger partial charge is 0.454 e. The van der Waals surface area contributed by atoms with Gasteiger partial charge in [-0.1, -0.05) is 88.4 Å². The van der Waals surface area contributed by atoms with E-state index in [0.717, 1.165) is 95.9 Å². The van der Waals surface area contributed by atoms with Crippen molar-refractivity contribution in [3.63, 3.8) is 0 Å². The van der Waals surface area contributed by atoms with Crippen molar-refractivity contribution in [2.24, 2.45) is 11.8 Å². The molecule has 6 atom stereocenters. The van der Waals surface area contributed by atoms with Gasteiger partial charge in [-0.3, -0.25) is 19.4 Å². The van der Waals surface area contributed by atoms with Crippen LogP contribution in [0.5, 0.6) is 23.0 Å². The van der Waals surface area contributed by atoms with Crippen LogP contribution in [-0.2, 0) is 54.7 Å². The van der Waals surface area contributed by atoms with Crippen LogP contribution in [0.1, 0.15) is 138 Å². The second-order valence-electron chi connectivity index (χ2n) is 26.0. The number of alkyl carbamates (subject to hydrolysis) is 2. The summed E-state index contributed by atoms with van der Waals surface area (Å²) in [6, 6.07) is 20.6. The Kier molecular flexibility index (Phi) is 16.5. The lowest BCUT2D eigenvalue weighted by molar-refractivity contribution is -0.136. The SMILES string of the molecule is CC(C)[C@H](NC(=O)OC1CCCC1)C(=O)N1C[C@H](OC(=O)N2Cc3ccc4c(c3C2)OCO4)CC1c1ncc(-c2ccc(-c3ccc(-c4cnc(C5C[C@@H](OC(=O)N6Cc7ccc8c(c7C6)OCO8)CN5C(=O)[C@@H](NC(=O)OC5CCCC5)C(C)C)[nH]4)cc3)cc2)[nH]1. The lowest BCUT2D eigenvalue weighted by atomic mass is 10.0. The lowest BCUT2D eigenvalue weighted by Gasteiger charge is -2.30. The quantitative estimate of drug-likeness (QED) is 0.0696. The number of carbonyl (C=O) groups is 6. The molecule has 6 aliphatic heterocycles. The van der Waals surface area contributed by atoms with Crippen molar-refractivity contribution in [2.75, 3.05) is 26.7 Å². The van der Waals surface area contributed by atoms with Gasteiger partial charge in [0.05, 0.1) is 62.0 Å². The van der Waals surface area contributed by atoms with Gasteiger partial charge in [-0.15, -0.1) is 0 Å². The predicted octanol–water partition coefficient (Wildman–Crippen LogP) is 10.6. The first kappa shape index (κ1) is 60.1. The van der Waals surface area contributed by atoms with Crippen LogP contribution in [0, 0.1) is 11.8 Å². The fourth-order valence-electron chi connectivity index (χ4n) is 14.2. The van der Waals surface area contributed by atoms with Crippen molar-refractivity contribution < 1.29 is 66.7 Å². The van der Waals surface area contributed by atoms with Crippen molar-refractivity contribution in [2.45, 2.75) is 167 Å². The molecule has 2 aromatic heterocycles. The summed E-state index contributed by atoms with van der Waals surface area (Å²) in [6.45, 7) is 9.16. The molecule has 2 saturated heterocycles. The number of carbonyl (C=O) groups excluding carboxylic acids is 6. The molecule has 24 nitrogen and oxygen atoms in total. The second kappa shape index (κ2) is 25.3. The first-order valence-electron chi connectivity index (χ1n) is 32.2. The molecule has 92 heavy (non-hydrogen) atoms. The van der Waals surface area contributed by atoms with E-state index in [1.54, 1.807) is 32.0 Å². The standard InChI is InChI=1S/C68H76N10O14/c1-37(2)57(73-65(81)89-45-9-5-6-10-45)63(79)77-31-47(91-67(83)75-29-43-21-23-55-59(49(43)33-75)87-35-85-55)25-53(77)61-69-27-51(71-61)41-17-13-39(14-18-41)40-15-19-42(20-16-40)52-28-70-62(72-52)54-26-48(92-68(84)76-30-44-22-24-56-60(50(44)34-76)88-36-86-56)32-78(54)64(80)58(38(3)4)74-66(82)90-46-11-7-8-12-46/h13-24,27-28,37-38,45-48,53-54,57-58H,5-12,25-26,29-36H2,1-4H3,(H,69,71)(H,70,72)(H,73,81)(H,74,82)/t47-,48-,53?,54?,57+,58+/m1/s1. The van der Waals surface area contributed by atoms with Gasteiger partial charge in [-0.05, 0) is 109 Å². The number of ether oxygens (including phenoxy) is 8. The van der Waals surface area contributed by atoms with Gasteiger partial charge in [-0.2, -0.15) is 0 Å². The van der Waals surface area contributed by atoms with Crippen LogP contribution >= 0.6 is 0 Å². The highest BCUT2D eigenvalue weighted by atomic mass is 16.7. The van der Waals surface area contributed by atoms with Gasteiger partial charge in [0.25, 0.3) is 0 Å². The Balaban J connectivity index is 0.656. The molecule has 6 amide bonds. The molecule has 0 bridgehead atoms. The van der Waals surface area contributed by atoms with Gasteiger partial charge in [0.1, 0.15) is 48.1 Å². The Bertz CT molecular complexity index is 3540. The number of imidazole rings is 2. The average Bonchev–Trinajstić information content (AvgIpc) is 1.68. The smallest absolute Gasteiger partial charge is 0.410 e. The zero-order valence-corrected chi connectivity index (χ0v) is 52.0. The lowest BCUT2D eigenvalue weighted by Crippen LogP contribution is -2.52. The Morgan fingerprint density at radius 2 is 0.880 bits per heavy atom. The van der Waals surface area contributed by atoms with E-state index in [-0.39, 0.29) is 75.4 Å². The third-order valence-corrected chi connectivity index (χ3v) is 19.2. The van der Waals surface area contributed by atoms with E-state index in [0.29, 0.717) is 72.2 Å². The van der Waals surface area contributed by atoms with Crippen molar-refractivity contribution >= 4 is 36.2 Å². The normalized spacial score (nSPS) is 21.2. The molecule has 2 aliphatic carbocycles. The van der Waals surface area contributed by atoms with E-state index < -0.39 is 60.7 Å². The number of fused-ring (bicyclic) bond motifs is 6. The zero-order valence-electron chi connectivity index (χ0n) is 52.0. The second-order valence-corrected chi connectivity index (χ2v) is 26.0. The van der Waals surface area contributed by atoms with Crippen LogP contribution in [0.3, 0.4) is 0 Å². The van der Waals surface area contributed by atoms with Crippen LogP contribution in [-0.4, -0.2) is 139 Å². The molecule has 4 aromatic carbocycles. The number of likely N-dealkylation sites (tertiary alicyclic amines) is 2. The third-order valence-electron chi connectivity index (χ3n) is 19.2. The van der Waals surface area contributed by atoms with Crippen molar-refractivity contribution in [1.82, 2.24) is 50.2 Å². The number of benzene rings is 4. The van der Waals surface area contributed by atoms with Crippen LogP contribution in [0.4, 0.5) is 19.2 Å². The molecule has 2 saturated carbocycles. The highest BCUT2D eigenvalue weighted by Crippen LogP contribution is 2.45. The maximum atomic E-state index is 14.7. The summed E-state index contributed by atoms with van der Waals surface area (Å²) in [4.78, 5) is 107. The monoisotopic (exact) mass is 1260 g/mol. The van der Waals surface area contributed by atoms with E-state index >= 15 is 0 Å². The predicted molar refractivity (Wildman–Crippen MR) is 330 cm³/mol. The third kappa shape index (κ3) is 12.2. The van der Waals surface area contributed by atoms with Crippen LogP contribution in [0.25, 0.3) is 33.6 Å². The number of H-pyrrole nitrogens is 2. The maximum absolute atomic E-state index is 14.7. The Labute approximate surface area is 531 Å². The highest BCUT2D eigenvalue weighted by molar-refractivity contribution is 5.88. The topological polar surface area (TPSA) is 271 Å². The number of nitrogens with one attached hydrogen (secondary N) is 4. The first-order chi connectivity index (χ1) is 44.6. The summed E-state index contributed by atoms with van der Waals surface area (Å²) in [5.41, 5.74) is 8.72. The minimum absolute atomic E-state index is 0.0813. The molecule has 8 heterocycles. The summed E-state index contributed by atoms with van der Waals surface area (Å²) in [6.07, 6.45) is 7.07. The summed E-state index contributed by atoms with van der Waals surface area (Å²) in [5.74, 6) is 2.34. The molecule has 4 N–H and O–H groups in total. The minimum atomic E-state index is -0.916. The zero-order chi connectivity index (χ0) is 63.3. The van der Waals surface area contributed by atoms with Gasteiger partial charge in [0.15, 0.2) is 23.0 Å². The summed E-state index contributed by atoms with van der Waals surface area (Å²) in [7, 11) is 0. The molecular weight excluding hydrogens is 1180 g/mol. The van der Waals surface area contributed by atoms with Gasteiger partial charge >= 0.3 is 24.4 Å². The van der Waals surface area contributed by atoms with E-state index in [1.807, 2.05) is 100 Å². The van der Waals surface area contributed by atoms with Gasteiger partial charge in [0.2, 0.25) is 25.4 Å². The number of aromatic nitrogens is 4. The van der Waals surface area contributed by atoms with Crippen LogP contribution in [0.15, 0.2) is 85.2 Å². The molecule has 6 aromatic rings. The Hall–Kier alpha value is -9.48. The van der Waals surface area contributed by atoms with Crippen LogP contribution < -0.4 is 29.6 Å². The molecule has 4 fully saturated rings. The number of hydrogen-bond acceptors (Lipinski definition) is 16. The molecular formula is C68H76N10O14. The fourth-order valence-corrected chi connectivity index (χ4v) is 14.2. The highest BCUT2D eigenvalue weighted by Gasteiger charge is 2.46. The number of amides is 6. The van der Waals surface area contributed by atoms with E-state index in [4.69, 9.17) is 47.9 Å². The fraction of sp³-hybridized carbons (Fsp3) is 0.471. The number of aromatic amines is 2. The summed E-state index contributed by atoms with van der Waals surface area (Å²) in [5, 5.41) is 5.74. The molecule has 2 unspecified atom stereocenters. The molecule has 0 radical (unpaired) electrons. The van der Waals surface area contributed by atoms with Gasteiger partial charge in [0, 0.05) is 37.1 Å². The van der Waals surface area contributed by atoms with Gasteiger partial charge < -0.3 is 68.3 Å². The molecule has 8 aliphatic rings. The molecule has 24 heteroatoms. The number of hydrogen-bond donors (Lipinski definition) is 4. The molecule has 14 rings (SSSR count). The number of rotatable bonds is 15. The Morgan fingerprint density at radius 1 is 0.489 bits per heavy atom. The Morgan fingerprint density at radius 3 is 1.27 bits per heavy atom. The average molecular weight is 1260 g/mol. The van der Waals surface area contributed by atoms with E-state index in [9.17, 15) is 28.8 Å². The van der Waals surface area contributed by atoms with E-state index in [1.165, 1.54) is 0 Å². The number of nitrogens with zero attached hydrogens (tertiary/aromatic N) is 6. The van der Waals surface area contributed by atoms with Crippen molar-refractivity contribution in [3.05, 3.63) is 119 Å². The van der Waals surface area contributed by atoms with Crippen molar-refractivity contribution in [3.8, 4) is 56.6 Å². The van der Waals surface area contributed by atoms with Crippen LogP contribution in [0.2, 0.25) is 0 Å². The first-order valence-corrected chi connectivity index (χ1v) is 32.2. The van der Waals surface area contributed by atoms with E-state index in [2.05, 4.69) is 20.6 Å². The van der Waals surface area contributed by atoms with Crippen molar-refractivity contribution in [1.29, 1.82) is 0 Å².